The molecule has 9 nitrogen and oxygen atoms in total. The van der Waals surface area contributed by atoms with Gasteiger partial charge in [0, 0.05) is 57.0 Å². The molecule has 1 aromatic heterocycles. The van der Waals surface area contributed by atoms with Crippen molar-refractivity contribution in [3.63, 3.8) is 0 Å². The molecule has 2 aliphatic rings. The number of nitrogens with zero attached hydrogens (tertiary/aromatic N) is 5. The van der Waals surface area contributed by atoms with Crippen LogP contribution in [0.4, 0.5) is 0 Å². The first kappa shape index (κ1) is 22.1. The fourth-order valence-electron chi connectivity index (χ4n) is 3.90. The van der Waals surface area contributed by atoms with Gasteiger partial charge in [-0.1, -0.05) is 34.6 Å². The highest BCUT2D eigenvalue weighted by molar-refractivity contribution is 5.76. The molecule has 1 amide bonds. The number of carbonyl (C=O) groups is 1. The van der Waals surface area contributed by atoms with E-state index < -0.39 is 0 Å². The highest BCUT2D eigenvalue weighted by Crippen LogP contribution is 2.26. The second-order valence-corrected chi connectivity index (χ2v) is 10.0. The van der Waals surface area contributed by atoms with E-state index in [1.54, 1.807) is 4.80 Å². The molecule has 0 radical (unpaired) electrons. The number of tetrazole rings is 1. The Morgan fingerprint density at radius 1 is 1.24 bits per heavy atom. The van der Waals surface area contributed by atoms with E-state index in [-0.39, 0.29) is 22.8 Å². The molecule has 2 aliphatic heterocycles. The Morgan fingerprint density at radius 3 is 2.72 bits per heavy atom. The first-order valence-corrected chi connectivity index (χ1v) is 10.8. The summed E-state index contributed by atoms with van der Waals surface area (Å²) in [6, 6.07) is 0.365. The summed E-state index contributed by atoms with van der Waals surface area (Å²) < 4.78 is 5.84. The van der Waals surface area contributed by atoms with Gasteiger partial charge in [0.05, 0.1) is 19.3 Å². The summed E-state index contributed by atoms with van der Waals surface area (Å²) in [7, 11) is 0. The lowest BCUT2D eigenvalue weighted by molar-refractivity contribution is -0.143. The topological polar surface area (TPSA) is 97.2 Å². The van der Waals surface area contributed by atoms with E-state index in [9.17, 15) is 4.79 Å². The van der Waals surface area contributed by atoms with Crippen LogP contribution >= 0.6 is 0 Å². The number of ether oxygens (including phenoxy) is 1. The molecule has 2 unspecified atom stereocenters. The van der Waals surface area contributed by atoms with Crippen molar-refractivity contribution in [2.45, 2.75) is 66.2 Å². The van der Waals surface area contributed by atoms with Gasteiger partial charge >= 0.3 is 0 Å². The summed E-state index contributed by atoms with van der Waals surface area (Å²) in [5.74, 6) is 0.765. The second kappa shape index (κ2) is 9.06. The molecule has 29 heavy (non-hydrogen) atoms. The Bertz CT molecular complexity index is 677. The molecule has 2 saturated heterocycles. The summed E-state index contributed by atoms with van der Waals surface area (Å²) in [5.41, 5.74) is 0.0235. The number of nitrogens with one attached hydrogen (secondary N) is 2. The highest BCUT2D eigenvalue weighted by atomic mass is 16.5. The molecule has 0 aromatic carbocycles. The standard InChI is InChI=1S/C20H37N7O2/c1-19(2,3)16-13-26(10-11-29-16)18(28)7-6-17-23-25-27(24-17)14-20(4,5)15-12-21-8-9-22-15/h15-16,21-22H,6-14H2,1-5H3. The van der Waals surface area contributed by atoms with Gasteiger partial charge in [-0.05, 0) is 10.6 Å². The largest absolute Gasteiger partial charge is 0.374 e. The molecular formula is C20H37N7O2. The van der Waals surface area contributed by atoms with Crippen molar-refractivity contribution < 1.29 is 9.53 Å². The van der Waals surface area contributed by atoms with Crippen molar-refractivity contribution in [1.29, 1.82) is 0 Å². The number of hydrogen-bond donors (Lipinski definition) is 2. The van der Waals surface area contributed by atoms with Gasteiger partial charge in [-0.25, -0.2) is 0 Å². The molecule has 2 N–H and O–H groups in total. The fourth-order valence-corrected chi connectivity index (χ4v) is 3.90. The van der Waals surface area contributed by atoms with Crippen LogP contribution in [0.5, 0.6) is 0 Å². The lowest BCUT2D eigenvalue weighted by Gasteiger charge is -2.39. The summed E-state index contributed by atoms with van der Waals surface area (Å²) in [6.07, 6.45) is 0.990. The van der Waals surface area contributed by atoms with Crippen LogP contribution in [-0.2, 0) is 22.5 Å². The number of amides is 1. The van der Waals surface area contributed by atoms with Crippen LogP contribution in [0.2, 0.25) is 0 Å². The molecule has 3 heterocycles. The number of rotatable bonds is 6. The Morgan fingerprint density at radius 2 is 2.03 bits per heavy atom. The van der Waals surface area contributed by atoms with Crippen molar-refractivity contribution in [3.8, 4) is 0 Å². The molecule has 3 rings (SSSR count). The van der Waals surface area contributed by atoms with Crippen LogP contribution in [0.15, 0.2) is 0 Å². The summed E-state index contributed by atoms with van der Waals surface area (Å²) in [4.78, 5) is 16.2. The average Bonchev–Trinajstić information content (AvgIpc) is 3.13. The molecule has 164 valence electrons. The third-order valence-corrected chi connectivity index (χ3v) is 5.98. The Labute approximate surface area is 173 Å². The van der Waals surface area contributed by atoms with E-state index in [0.29, 0.717) is 50.9 Å². The average molecular weight is 408 g/mol. The molecule has 9 heteroatoms. The van der Waals surface area contributed by atoms with Crippen molar-refractivity contribution in [2.75, 3.05) is 39.3 Å². The molecule has 0 saturated carbocycles. The molecule has 1 aromatic rings. The molecule has 0 bridgehead atoms. The summed E-state index contributed by atoms with van der Waals surface area (Å²) in [5, 5.41) is 19.9. The molecular weight excluding hydrogens is 370 g/mol. The number of piperazine rings is 1. The minimum Gasteiger partial charge on any atom is -0.374 e. The predicted molar refractivity (Wildman–Crippen MR) is 110 cm³/mol. The summed E-state index contributed by atoms with van der Waals surface area (Å²) in [6.45, 7) is 16.4. The minimum absolute atomic E-state index is 0.00300. The van der Waals surface area contributed by atoms with E-state index in [1.165, 1.54) is 0 Å². The van der Waals surface area contributed by atoms with E-state index in [4.69, 9.17) is 4.74 Å². The molecule has 0 spiro atoms. The van der Waals surface area contributed by atoms with Crippen LogP contribution in [0.1, 0.15) is 46.9 Å². The van der Waals surface area contributed by atoms with Gasteiger partial charge in [0.2, 0.25) is 5.91 Å². The van der Waals surface area contributed by atoms with Gasteiger partial charge in [0.25, 0.3) is 0 Å². The maximum absolute atomic E-state index is 12.7. The normalized spacial score (nSPS) is 24.0. The SMILES string of the molecule is CC(C)(C)C1CN(C(=O)CCc2nnn(CC(C)(C)C3CNCCN3)n2)CCO1. The van der Waals surface area contributed by atoms with Gasteiger partial charge in [-0.3, -0.25) is 4.79 Å². The van der Waals surface area contributed by atoms with Crippen molar-refractivity contribution in [3.05, 3.63) is 5.82 Å². The smallest absolute Gasteiger partial charge is 0.223 e. The minimum atomic E-state index is -0.00300. The first-order valence-electron chi connectivity index (χ1n) is 10.8. The fraction of sp³-hybridized carbons (Fsp3) is 0.900. The second-order valence-electron chi connectivity index (χ2n) is 10.0. The quantitative estimate of drug-likeness (QED) is 0.707. The maximum Gasteiger partial charge on any atom is 0.223 e. The van der Waals surface area contributed by atoms with Crippen LogP contribution in [0, 0.1) is 10.8 Å². The van der Waals surface area contributed by atoms with Crippen molar-refractivity contribution in [2.24, 2.45) is 10.8 Å². The van der Waals surface area contributed by atoms with Crippen LogP contribution in [-0.4, -0.2) is 82.5 Å². The van der Waals surface area contributed by atoms with Crippen molar-refractivity contribution in [1.82, 2.24) is 35.7 Å². The van der Waals surface area contributed by atoms with Crippen LogP contribution in [0.25, 0.3) is 0 Å². The number of morpholine rings is 1. The number of aromatic nitrogens is 4. The zero-order valence-corrected chi connectivity index (χ0v) is 18.6. The predicted octanol–water partition coefficient (Wildman–Crippen LogP) is 0.467. The number of carbonyl (C=O) groups excluding carboxylic acids is 1. The summed E-state index contributed by atoms with van der Waals surface area (Å²) >= 11 is 0. The van der Waals surface area contributed by atoms with Crippen LogP contribution < -0.4 is 10.6 Å². The Kier molecular flexibility index (Phi) is 6.90. The monoisotopic (exact) mass is 407 g/mol. The zero-order chi connectivity index (χ0) is 21.1. The van der Waals surface area contributed by atoms with Gasteiger partial charge in [-0.2, -0.15) is 4.80 Å². The zero-order valence-electron chi connectivity index (χ0n) is 18.6. The van der Waals surface area contributed by atoms with E-state index in [0.717, 1.165) is 19.6 Å². The van der Waals surface area contributed by atoms with Gasteiger partial charge < -0.3 is 20.3 Å². The molecule has 2 fully saturated rings. The molecule has 2 atom stereocenters. The van der Waals surface area contributed by atoms with E-state index >= 15 is 0 Å². The highest BCUT2D eigenvalue weighted by Gasteiger charge is 2.33. The van der Waals surface area contributed by atoms with E-state index in [1.807, 2.05) is 4.90 Å². The first-order chi connectivity index (χ1) is 13.6. The van der Waals surface area contributed by atoms with Gasteiger partial charge in [-0.15, -0.1) is 10.2 Å². The number of hydrogen-bond acceptors (Lipinski definition) is 7. The van der Waals surface area contributed by atoms with Gasteiger partial charge in [0.1, 0.15) is 0 Å². The third-order valence-electron chi connectivity index (χ3n) is 5.98. The van der Waals surface area contributed by atoms with Crippen LogP contribution in [0.3, 0.4) is 0 Å². The third kappa shape index (κ3) is 5.96. The Balaban J connectivity index is 1.49. The lowest BCUT2D eigenvalue weighted by Crippen LogP contribution is -2.56. The molecule has 0 aliphatic carbocycles. The number of aryl methyl sites for hydroxylation is 1. The maximum atomic E-state index is 12.7. The van der Waals surface area contributed by atoms with E-state index in [2.05, 4.69) is 60.7 Å². The Hall–Kier alpha value is -1.58. The van der Waals surface area contributed by atoms with Crippen molar-refractivity contribution >= 4 is 5.91 Å². The van der Waals surface area contributed by atoms with Gasteiger partial charge in [0.15, 0.2) is 5.82 Å². The lowest BCUT2D eigenvalue weighted by atomic mass is 9.83.